The van der Waals surface area contributed by atoms with Gasteiger partial charge in [-0.2, -0.15) is 0 Å². The van der Waals surface area contributed by atoms with Crippen molar-refractivity contribution in [2.24, 2.45) is 0 Å². The smallest absolute Gasteiger partial charge is 0.265 e. The first kappa shape index (κ1) is 18.6. The molecule has 0 spiro atoms. The molecule has 0 aliphatic rings. The molecule has 6 heteroatoms. The van der Waals surface area contributed by atoms with Gasteiger partial charge in [0.05, 0.1) is 6.61 Å². The molecule has 2 rings (SSSR count). The van der Waals surface area contributed by atoms with E-state index in [9.17, 15) is 8.42 Å². The summed E-state index contributed by atoms with van der Waals surface area (Å²) in [5.41, 5.74) is 1.70. The molecule has 0 radical (unpaired) electrons. The zero-order valence-electron chi connectivity index (χ0n) is 13.9. The lowest BCUT2D eigenvalue weighted by atomic mass is 10.1. The summed E-state index contributed by atoms with van der Waals surface area (Å²) in [6, 6.07) is 12.0. The molecule has 2 aromatic carbocycles. The summed E-state index contributed by atoms with van der Waals surface area (Å²) in [5, 5.41) is 0.341. The maximum absolute atomic E-state index is 12.7. The van der Waals surface area contributed by atoms with E-state index in [1.165, 1.54) is 11.6 Å². The van der Waals surface area contributed by atoms with Crippen molar-refractivity contribution < 1.29 is 13.2 Å². The van der Waals surface area contributed by atoms with Crippen molar-refractivity contribution in [2.75, 3.05) is 11.3 Å². The number of ether oxygens (including phenoxy) is 1. The lowest BCUT2D eigenvalue weighted by Crippen LogP contribution is -2.14. The van der Waals surface area contributed by atoms with E-state index in [4.69, 9.17) is 16.3 Å². The Balaban J connectivity index is 2.23. The minimum absolute atomic E-state index is 0.0342. The Morgan fingerprint density at radius 2 is 1.79 bits per heavy atom. The fourth-order valence-corrected chi connectivity index (χ4v) is 3.76. The van der Waals surface area contributed by atoms with Gasteiger partial charge in [0.1, 0.15) is 10.6 Å². The van der Waals surface area contributed by atoms with Crippen LogP contribution in [0.1, 0.15) is 32.3 Å². The molecule has 4 nitrogen and oxygen atoms in total. The monoisotopic (exact) mass is 367 g/mol. The second kappa shape index (κ2) is 8.40. The Hall–Kier alpha value is -1.72. The molecule has 0 aromatic heterocycles. The largest absolute Gasteiger partial charge is 0.492 e. The first-order valence-electron chi connectivity index (χ1n) is 8.00. The van der Waals surface area contributed by atoms with Gasteiger partial charge >= 0.3 is 0 Å². The van der Waals surface area contributed by atoms with E-state index >= 15 is 0 Å². The van der Waals surface area contributed by atoms with E-state index in [-0.39, 0.29) is 10.6 Å². The van der Waals surface area contributed by atoms with Crippen molar-refractivity contribution in [3.63, 3.8) is 0 Å². The lowest BCUT2D eigenvalue weighted by molar-refractivity contribution is 0.331. The number of benzene rings is 2. The molecule has 24 heavy (non-hydrogen) atoms. The maximum Gasteiger partial charge on any atom is 0.265 e. The van der Waals surface area contributed by atoms with Crippen LogP contribution in [0.3, 0.4) is 0 Å². The van der Waals surface area contributed by atoms with Crippen LogP contribution in [-0.2, 0) is 16.4 Å². The molecule has 0 heterocycles. The molecule has 0 atom stereocenters. The van der Waals surface area contributed by atoms with Crippen molar-refractivity contribution in [2.45, 2.75) is 38.0 Å². The molecule has 0 aliphatic carbocycles. The van der Waals surface area contributed by atoms with Crippen molar-refractivity contribution in [1.82, 2.24) is 0 Å². The first-order chi connectivity index (χ1) is 11.5. The minimum Gasteiger partial charge on any atom is -0.492 e. The summed E-state index contributed by atoms with van der Waals surface area (Å²) in [6.45, 7) is 4.31. The summed E-state index contributed by atoms with van der Waals surface area (Å²) in [5.74, 6) is 0.286. The second-order valence-electron chi connectivity index (χ2n) is 5.43. The lowest BCUT2D eigenvalue weighted by Gasteiger charge is -2.13. The average molecular weight is 368 g/mol. The topological polar surface area (TPSA) is 55.4 Å². The number of rotatable bonds is 8. The van der Waals surface area contributed by atoms with Crippen molar-refractivity contribution in [1.29, 1.82) is 0 Å². The van der Waals surface area contributed by atoms with Crippen LogP contribution in [0.25, 0.3) is 0 Å². The molecule has 0 amide bonds. The van der Waals surface area contributed by atoms with Crippen LogP contribution >= 0.6 is 11.6 Å². The average Bonchev–Trinajstić information content (AvgIpc) is 2.56. The highest BCUT2D eigenvalue weighted by molar-refractivity contribution is 7.92. The van der Waals surface area contributed by atoms with Crippen molar-refractivity contribution in [3.8, 4) is 5.75 Å². The zero-order valence-corrected chi connectivity index (χ0v) is 15.5. The molecule has 0 aliphatic heterocycles. The van der Waals surface area contributed by atoms with E-state index in [0.29, 0.717) is 17.3 Å². The quantitative estimate of drug-likeness (QED) is 0.723. The third-order valence-corrected chi connectivity index (χ3v) is 5.16. The van der Waals surface area contributed by atoms with E-state index in [2.05, 4.69) is 11.6 Å². The summed E-state index contributed by atoms with van der Waals surface area (Å²) >= 11 is 5.95. The Bertz CT molecular complexity index is 773. The predicted octanol–water partition coefficient (Wildman–Crippen LogP) is 4.88. The Kier molecular flexibility index (Phi) is 6.52. The number of hydrogen-bond donors (Lipinski definition) is 1. The van der Waals surface area contributed by atoms with Crippen molar-refractivity contribution in [3.05, 3.63) is 53.1 Å². The van der Waals surface area contributed by atoms with Gasteiger partial charge in [-0.3, -0.25) is 4.72 Å². The summed E-state index contributed by atoms with van der Waals surface area (Å²) in [4.78, 5) is 0.0342. The van der Waals surface area contributed by atoms with Gasteiger partial charge in [0.15, 0.2) is 0 Å². The highest BCUT2D eigenvalue weighted by Crippen LogP contribution is 2.29. The molecule has 0 bridgehead atoms. The minimum atomic E-state index is -3.78. The molecule has 0 saturated carbocycles. The van der Waals surface area contributed by atoms with E-state index in [1.54, 1.807) is 31.2 Å². The first-order valence-corrected chi connectivity index (χ1v) is 9.86. The molecule has 2 aromatic rings. The van der Waals surface area contributed by atoms with Gasteiger partial charge in [-0.05, 0) is 55.7 Å². The van der Waals surface area contributed by atoms with E-state index < -0.39 is 10.0 Å². The number of anilines is 1. The van der Waals surface area contributed by atoms with Crippen LogP contribution < -0.4 is 9.46 Å². The van der Waals surface area contributed by atoms with Crippen LogP contribution in [0.4, 0.5) is 5.69 Å². The highest BCUT2D eigenvalue weighted by Gasteiger charge is 2.20. The molecular weight excluding hydrogens is 346 g/mol. The molecule has 0 saturated heterocycles. The SMILES string of the molecule is CCCCc1ccc(NS(=O)(=O)c2cc(Cl)ccc2OCC)cc1. The number of unbranched alkanes of at least 4 members (excludes halogenated alkanes) is 1. The number of halogens is 1. The number of sulfonamides is 1. The molecule has 130 valence electrons. The number of hydrogen-bond acceptors (Lipinski definition) is 3. The third kappa shape index (κ3) is 4.89. The van der Waals surface area contributed by atoms with Gasteiger partial charge in [-0.1, -0.05) is 37.1 Å². The van der Waals surface area contributed by atoms with Gasteiger partial charge in [0.2, 0.25) is 0 Å². The number of nitrogens with one attached hydrogen (secondary N) is 1. The Morgan fingerprint density at radius 3 is 2.42 bits per heavy atom. The molecule has 1 N–H and O–H groups in total. The van der Waals surface area contributed by atoms with Crippen LogP contribution in [0.15, 0.2) is 47.4 Å². The zero-order chi connectivity index (χ0) is 17.6. The van der Waals surface area contributed by atoms with Gasteiger partial charge in [0.25, 0.3) is 10.0 Å². The highest BCUT2D eigenvalue weighted by atomic mass is 35.5. The van der Waals surface area contributed by atoms with Crippen LogP contribution in [0.2, 0.25) is 5.02 Å². The fourth-order valence-electron chi connectivity index (χ4n) is 2.30. The predicted molar refractivity (Wildman–Crippen MR) is 98.5 cm³/mol. The van der Waals surface area contributed by atoms with Crippen LogP contribution in [0.5, 0.6) is 5.75 Å². The van der Waals surface area contributed by atoms with E-state index in [0.717, 1.165) is 19.3 Å². The third-order valence-electron chi connectivity index (χ3n) is 3.52. The fraction of sp³-hybridized carbons (Fsp3) is 0.333. The second-order valence-corrected chi connectivity index (χ2v) is 7.52. The van der Waals surface area contributed by atoms with Gasteiger partial charge < -0.3 is 4.74 Å². The number of aryl methyl sites for hydroxylation is 1. The van der Waals surface area contributed by atoms with Gasteiger partial charge in [0, 0.05) is 10.7 Å². The standard InChI is InChI=1S/C18H22ClNO3S/c1-3-5-6-14-7-10-16(11-8-14)20-24(21,22)18-13-15(19)9-12-17(18)23-4-2/h7-13,20H,3-6H2,1-2H3. The van der Waals surface area contributed by atoms with E-state index in [1.807, 2.05) is 12.1 Å². The Morgan fingerprint density at radius 1 is 1.08 bits per heavy atom. The summed E-state index contributed by atoms with van der Waals surface area (Å²) in [7, 11) is -3.78. The molecule has 0 unspecified atom stereocenters. The van der Waals surface area contributed by atoms with Gasteiger partial charge in [-0.25, -0.2) is 8.42 Å². The summed E-state index contributed by atoms with van der Waals surface area (Å²) < 4.78 is 33.3. The molecular formula is C18H22ClNO3S. The summed E-state index contributed by atoms with van der Waals surface area (Å²) in [6.07, 6.45) is 3.24. The van der Waals surface area contributed by atoms with Crippen LogP contribution in [0, 0.1) is 0 Å². The normalized spacial score (nSPS) is 11.3. The maximum atomic E-state index is 12.7. The Labute approximate surface area is 148 Å². The van der Waals surface area contributed by atoms with Crippen molar-refractivity contribution >= 4 is 27.3 Å². The van der Waals surface area contributed by atoms with Crippen LogP contribution in [-0.4, -0.2) is 15.0 Å². The molecule has 0 fully saturated rings. The van der Waals surface area contributed by atoms with Gasteiger partial charge in [-0.15, -0.1) is 0 Å².